The zero-order valence-electron chi connectivity index (χ0n) is 24.6. The lowest BCUT2D eigenvalue weighted by molar-refractivity contribution is -0.273. The van der Waals surface area contributed by atoms with Crippen molar-refractivity contribution in [2.75, 3.05) is 27.2 Å². The first-order chi connectivity index (χ1) is 17.6. The number of amides is 1. The zero-order chi connectivity index (χ0) is 26.2. The van der Waals surface area contributed by atoms with Crippen LogP contribution in [0.1, 0.15) is 98.3 Å². The van der Waals surface area contributed by atoms with Gasteiger partial charge in [-0.3, -0.25) is 4.79 Å². The summed E-state index contributed by atoms with van der Waals surface area (Å²) in [6, 6.07) is 0.382. The Balaban J connectivity index is 1.13. The van der Waals surface area contributed by atoms with Crippen LogP contribution >= 0.6 is 0 Å². The van der Waals surface area contributed by atoms with Crippen LogP contribution in [0.3, 0.4) is 0 Å². The predicted octanol–water partition coefficient (Wildman–Crippen LogP) is 5.87. The maximum atomic E-state index is 12.5. The van der Waals surface area contributed by atoms with E-state index in [0.717, 1.165) is 49.7 Å². The van der Waals surface area contributed by atoms with Crippen LogP contribution < -0.4 is 5.32 Å². The van der Waals surface area contributed by atoms with Gasteiger partial charge < -0.3 is 19.7 Å². The van der Waals surface area contributed by atoms with Crippen LogP contribution in [0.5, 0.6) is 0 Å². The van der Waals surface area contributed by atoms with Gasteiger partial charge in [-0.25, -0.2) is 0 Å². The normalized spacial score (nSPS) is 52.9. The third-order valence-corrected chi connectivity index (χ3v) is 13.1. The predicted molar refractivity (Wildman–Crippen MR) is 147 cm³/mol. The van der Waals surface area contributed by atoms with E-state index in [1.807, 2.05) is 14.1 Å². The van der Waals surface area contributed by atoms with Crippen LogP contribution in [0, 0.1) is 52.3 Å². The van der Waals surface area contributed by atoms with E-state index in [0.29, 0.717) is 47.2 Å². The Kier molecular flexibility index (Phi) is 6.80. The quantitative estimate of drug-likeness (QED) is 0.510. The monoisotopic (exact) mass is 514 g/mol. The van der Waals surface area contributed by atoms with E-state index < -0.39 is 0 Å². The maximum absolute atomic E-state index is 12.5. The SMILES string of the molecule is C[C@@H]1CC[C@@]2(OC1)O[C@H]1C[C@H]3[C@@H]4CC[C@@H]5CC(NC(=O)CCN(C)C)CC[C@]5(C)[C@H]4CC[C@]3(C)[C@H]1[C@@H]2C. The summed E-state index contributed by atoms with van der Waals surface area (Å²) >= 11 is 0. The number of carbonyl (C=O) groups excluding carboxylic acids is 1. The topological polar surface area (TPSA) is 50.8 Å². The minimum Gasteiger partial charge on any atom is -0.353 e. The van der Waals surface area contributed by atoms with E-state index in [4.69, 9.17) is 9.47 Å². The Labute approximate surface area is 226 Å². The average molecular weight is 515 g/mol. The summed E-state index contributed by atoms with van der Waals surface area (Å²) < 4.78 is 13.5. The van der Waals surface area contributed by atoms with Gasteiger partial charge in [0, 0.05) is 31.3 Å². The van der Waals surface area contributed by atoms with Crippen molar-refractivity contribution in [3.05, 3.63) is 0 Å². The third kappa shape index (κ3) is 4.24. The lowest BCUT2D eigenvalue weighted by Gasteiger charge is -2.61. The van der Waals surface area contributed by atoms with Crippen LogP contribution in [0.15, 0.2) is 0 Å². The van der Waals surface area contributed by atoms with Gasteiger partial charge in [0.2, 0.25) is 5.91 Å². The first-order valence-corrected chi connectivity index (χ1v) is 15.8. The smallest absolute Gasteiger partial charge is 0.221 e. The highest BCUT2D eigenvalue weighted by molar-refractivity contribution is 5.76. The molecule has 1 spiro atoms. The molecule has 1 N–H and O–H groups in total. The highest BCUT2D eigenvalue weighted by Gasteiger charge is 2.69. The van der Waals surface area contributed by atoms with Crippen molar-refractivity contribution in [3.63, 3.8) is 0 Å². The number of fused-ring (bicyclic) bond motifs is 7. The lowest BCUT2D eigenvalue weighted by Crippen LogP contribution is -2.56. The molecule has 1 amide bonds. The minimum atomic E-state index is -0.300. The van der Waals surface area contributed by atoms with Gasteiger partial charge in [0.25, 0.3) is 0 Å². The zero-order valence-corrected chi connectivity index (χ0v) is 24.6. The van der Waals surface area contributed by atoms with E-state index in [9.17, 15) is 4.79 Å². The van der Waals surface area contributed by atoms with Gasteiger partial charge in [0.05, 0.1) is 12.7 Å². The molecule has 12 atom stereocenters. The largest absolute Gasteiger partial charge is 0.353 e. The molecule has 0 aromatic heterocycles. The average Bonchev–Trinajstić information content (AvgIpc) is 3.30. The molecule has 5 heteroatoms. The second-order valence-corrected chi connectivity index (χ2v) is 15.3. The van der Waals surface area contributed by atoms with Gasteiger partial charge in [-0.05, 0) is 118 Å². The van der Waals surface area contributed by atoms with Gasteiger partial charge >= 0.3 is 0 Å². The van der Waals surface area contributed by atoms with Crippen molar-refractivity contribution in [3.8, 4) is 0 Å². The second kappa shape index (κ2) is 9.47. The van der Waals surface area contributed by atoms with Crippen molar-refractivity contribution in [1.29, 1.82) is 0 Å². The molecular weight excluding hydrogens is 460 g/mol. The Morgan fingerprint density at radius 1 is 0.946 bits per heavy atom. The van der Waals surface area contributed by atoms with Gasteiger partial charge in [-0.1, -0.05) is 27.7 Å². The summed E-state index contributed by atoms with van der Waals surface area (Å²) in [5.74, 6) is 5.06. The number of hydrogen-bond donors (Lipinski definition) is 1. The highest BCUT2D eigenvalue weighted by atomic mass is 16.7. The molecule has 6 aliphatic rings. The molecule has 4 aliphatic carbocycles. The van der Waals surface area contributed by atoms with Gasteiger partial charge in [0.1, 0.15) is 0 Å². The van der Waals surface area contributed by atoms with Crippen molar-refractivity contribution in [1.82, 2.24) is 10.2 Å². The number of rotatable bonds is 4. The minimum absolute atomic E-state index is 0.241. The van der Waals surface area contributed by atoms with Crippen molar-refractivity contribution in [2.24, 2.45) is 52.3 Å². The van der Waals surface area contributed by atoms with Crippen LogP contribution in [-0.4, -0.2) is 56.0 Å². The molecule has 2 heterocycles. The highest BCUT2D eigenvalue weighted by Crippen LogP contribution is 2.71. The number of nitrogens with zero attached hydrogens (tertiary/aromatic N) is 1. The number of ether oxygens (including phenoxy) is 2. The van der Waals surface area contributed by atoms with E-state index in [1.165, 1.54) is 51.4 Å². The summed E-state index contributed by atoms with van der Waals surface area (Å²) in [5, 5.41) is 3.41. The van der Waals surface area contributed by atoms with Gasteiger partial charge in [-0.2, -0.15) is 0 Å². The molecule has 1 unspecified atom stereocenters. The molecule has 0 aromatic rings. The molecule has 6 fully saturated rings. The number of nitrogens with one attached hydrogen (secondary N) is 1. The molecule has 0 bridgehead atoms. The molecule has 6 rings (SSSR count). The number of carbonyl (C=O) groups is 1. The van der Waals surface area contributed by atoms with Gasteiger partial charge in [-0.15, -0.1) is 0 Å². The third-order valence-electron chi connectivity index (χ3n) is 13.1. The fourth-order valence-electron chi connectivity index (χ4n) is 11.0. The lowest BCUT2D eigenvalue weighted by atomic mass is 9.44. The maximum Gasteiger partial charge on any atom is 0.221 e. The summed E-state index contributed by atoms with van der Waals surface area (Å²) in [6.45, 7) is 11.8. The Hall–Kier alpha value is -0.650. The first-order valence-electron chi connectivity index (χ1n) is 15.8. The molecule has 5 nitrogen and oxygen atoms in total. The van der Waals surface area contributed by atoms with E-state index in [2.05, 4.69) is 37.9 Å². The molecule has 37 heavy (non-hydrogen) atoms. The van der Waals surface area contributed by atoms with E-state index in [-0.39, 0.29) is 11.7 Å². The molecule has 2 aliphatic heterocycles. The molecule has 2 saturated heterocycles. The fraction of sp³-hybridized carbons (Fsp3) is 0.969. The van der Waals surface area contributed by atoms with Crippen molar-refractivity contribution < 1.29 is 14.3 Å². The molecule has 4 saturated carbocycles. The van der Waals surface area contributed by atoms with Crippen molar-refractivity contribution in [2.45, 2.75) is 116 Å². The summed E-state index contributed by atoms with van der Waals surface area (Å²) in [5.41, 5.74) is 0.852. The van der Waals surface area contributed by atoms with Crippen molar-refractivity contribution >= 4 is 5.91 Å². The van der Waals surface area contributed by atoms with E-state index in [1.54, 1.807) is 0 Å². The standard InChI is InChI=1S/C32H54N2O3/c1-20-9-15-32(36-19-20)21(2)29-27(37-32)18-26-24-8-7-22-17-23(33-28(35)12-16-34(5)6)10-13-30(22,3)25(24)11-14-31(26,29)4/h20-27,29H,7-19H2,1-6H3,(H,33,35)/t20-,21+,22-,23?,24-,25+,26+,27+,29+,30+,31+,32-/m1/s1. The van der Waals surface area contributed by atoms with Crippen LogP contribution in [0.4, 0.5) is 0 Å². The summed E-state index contributed by atoms with van der Waals surface area (Å²) in [7, 11) is 4.08. The van der Waals surface area contributed by atoms with Gasteiger partial charge in [0.15, 0.2) is 5.79 Å². The summed E-state index contributed by atoms with van der Waals surface area (Å²) in [4.78, 5) is 14.6. The van der Waals surface area contributed by atoms with Crippen LogP contribution in [-0.2, 0) is 14.3 Å². The van der Waals surface area contributed by atoms with Crippen LogP contribution in [0.25, 0.3) is 0 Å². The van der Waals surface area contributed by atoms with E-state index >= 15 is 0 Å². The first kappa shape index (κ1) is 26.6. The Morgan fingerprint density at radius 2 is 1.73 bits per heavy atom. The summed E-state index contributed by atoms with van der Waals surface area (Å²) in [6.07, 6.45) is 13.7. The molecule has 210 valence electrons. The molecular formula is C32H54N2O3. The fourth-order valence-corrected chi connectivity index (χ4v) is 11.0. The second-order valence-electron chi connectivity index (χ2n) is 15.3. The molecule has 0 aromatic carbocycles. The molecule has 0 radical (unpaired) electrons. The Morgan fingerprint density at radius 3 is 2.46 bits per heavy atom. The van der Waals surface area contributed by atoms with Crippen LogP contribution in [0.2, 0.25) is 0 Å². The Bertz CT molecular complexity index is 868. The number of hydrogen-bond acceptors (Lipinski definition) is 4.